The van der Waals surface area contributed by atoms with E-state index in [-0.39, 0.29) is 24.4 Å². The van der Waals surface area contributed by atoms with Crippen LogP contribution in [-0.2, 0) is 39.1 Å². The summed E-state index contributed by atoms with van der Waals surface area (Å²) >= 11 is 0. The number of carbonyl (C=O) groups is 2. The van der Waals surface area contributed by atoms with Crippen LogP contribution in [-0.4, -0.2) is 47.8 Å². The Morgan fingerprint density at radius 2 is 1.77 bits per heavy atom. The molecule has 2 aromatic carbocycles. The number of aryl methyl sites for hydroxylation is 1. The molecule has 2 heterocycles. The monoisotopic (exact) mass is 478 g/mol. The second-order valence-corrected chi connectivity index (χ2v) is 8.80. The van der Waals surface area contributed by atoms with Gasteiger partial charge in [-0.3, -0.25) is 14.5 Å². The van der Waals surface area contributed by atoms with Crippen molar-refractivity contribution in [3.8, 4) is 5.75 Å². The van der Waals surface area contributed by atoms with Gasteiger partial charge in [-0.05, 0) is 43.5 Å². The van der Waals surface area contributed by atoms with E-state index in [9.17, 15) is 9.59 Å². The van der Waals surface area contributed by atoms with Crippen LogP contribution >= 0.6 is 0 Å². The van der Waals surface area contributed by atoms with Crippen LogP contribution in [0.15, 0.2) is 48.5 Å². The highest BCUT2D eigenvalue weighted by molar-refractivity contribution is 5.89. The molecule has 1 aliphatic rings. The molecule has 1 aliphatic heterocycles. The zero-order valence-electron chi connectivity index (χ0n) is 21.0. The van der Waals surface area contributed by atoms with E-state index < -0.39 is 6.04 Å². The first-order valence-electron chi connectivity index (χ1n) is 12.3. The molecule has 0 saturated carbocycles. The Labute approximate surface area is 206 Å². The van der Waals surface area contributed by atoms with Gasteiger partial charge < -0.3 is 18.8 Å². The molecule has 0 fully saturated rings. The first-order valence-corrected chi connectivity index (χ1v) is 12.3. The van der Waals surface area contributed by atoms with Gasteiger partial charge in [0.15, 0.2) is 0 Å². The molecule has 2 atom stereocenters. The Balaban J connectivity index is 1.84. The number of hydrogen-bond acceptors (Lipinski definition) is 6. The topological polar surface area (TPSA) is 70.0 Å². The standard InChI is InChI=1S/C28H34N2O5/c1-5-34-26(31)15-14-23-27-22(21-13-12-20(33-4)16-24(21)29(27)3)17-25(28(32)35-6-2)30(23)18-19-10-8-7-9-11-19/h7-13,16,23,25H,5-6,14-15,17-18H2,1-4H3/t23-,25+/m0/s1. The third kappa shape index (κ3) is 5.05. The summed E-state index contributed by atoms with van der Waals surface area (Å²) in [5.74, 6) is 0.315. The summed E-state index contributed by atoms with van der Waals surface area (Å²) in [6.45, 7) is 4.88. The van der Waals surface area contributed by atoms with Gasteiger partial charge in [-0.15, -0.1) is 0 Å². The van der Waals surface area contributed by atoms with Gasteiger partial charge in [0.2, 0.25) is 0 Å². The third-order valence-electron chi connectivity index (χ3n) is 6.77. The minimum atomic E-state index is -0.456. The minimum Gasteiger partial charge on any atom is -0.497 e. The Hall–Kier alpha value is -3.32. The average molecular weight is 479 g/mol. The van der Waals surface area contributed by atoms with Crippen LogP contribution in [0.3, 0.4) is 0 Å². The van der Waals surface area contributed by atoms with Crippen molar-refractivity contribution < 1.29 is 23.8 Å². The van der Waals surface area contributed by atoms with Crippen LogP contribution in [0.25, 0.3) is 10.9 Å². The molecule has 35 heavy (non-hydrogen) atoms. The fourth-order valence-corrected chi connectivity index (χ4v) is 5.23. The van der Waals surface area contributed by atoms with Crippen LogP contribution in [0.4, 0.5) is 0 Å². The fraction of sp³-hybridized carbons (Fsp3) is 0.429. The normalized spacial score (nSPS) is 17.7. The lowest BCUT2D eigenvalue weighted by Crippen LogP contribution is -2.49. The molecular formula is C28H34N2O5. The lowest BCUT2D eigenvalue weighted by Gasteiger charge is -2.41. The largest absolute Gasteiger partial charge is 0.497 e. The molecule has 0 saturated heterocycles. The highest BCUT2D eigenvalue weighted by Crippen LogP contribution is 2.43. The molecule has 0 N–H and O–H groups in total. The molecule has 0 amide bonds. The molecular weight excluding hydrogens is 444 g/mol. The molecule has 186 valence electrons. The smallest absolute Gasteiger partial charge is 0.323 e. The maximum absolute atomic E-state index is 13.3. The first-order chi connectivity index (χ1) is 17.0. The van der Waals surface area contributed by atoms with E-state index in [2.05, 4.69) is 27.7 Å². The predicted molar refractivity (Wildman–Crippen MR) is 134 cm³/mol. The summed E-state index contributed by atoms with van der Waals surface area (Å²) in [4.78, 5) is 27.8. The number of hydrogen-bond donors (Lipinski definition) is 0. The van der Waals surface area contributed by atoms with Crippen molar-refractivity contribution in [3.05, 3.63) is 65.4 Å². The molecule has 7 nitrogen and oxygen atoms in total. The quantitative estimate of drug-likeness (QED) is 0.420. The van der Waals surface area contributed by atoms with Gasteiger partial charge in [0.05, 0.1) is 31.9 Å². The summed E-state index contributed by atoms with van der Waals surface area (Å²) < 4.78 is 18.4. The summed E-state index contributed by atoms with van der Waals surface area (Å²) in [5.41, 5.74) is 4.39. The second kappa shape index (κ2) is 11.0. The van der Waals surface area contributed by atoms with Gasteiger partial charge in [-0.1, -0.05) is 30.3 Å². The number of ether oxygens (including phenoxy) is 3. The Kier molecular flexibility index (Phi) is 7.76. The van der Waals surface area contributed by atoms with Crippen molar-refractivity contribution in [3.63, 3.8) is 0 Å². The molecule has 4 rings (SSSR count). The number of carbonyl (C=O) groups excluding carboxylic acids is 2. The number of fused-ring (bicyclic) bond motifs is 3. The molecule has 1 aromatic heterocycles. The van der Waals surface area contributed by atoms with Gasteiger partial charge in [0, 0.05) is 43.6 Å². The second-order valence-electron chi connectivity index (χ2n) is 8.80. The molecule has 3 aromatic rings. The van der Waals surface area contributed by atoms with Crippen molar-refractivity contribution in [1.82, 2.24) is 9.47 Å². The van der Waals surface area contributed by atoms with E-state index in [0.29, 0.717) is 32.6 Å². The summed E-state index contributed by atoms with van der Waals surface area (Å²) in [6, 6.07) is 15.5. The predicted octanol–water partition coefficient (Wildman–Crippen LogP) is 4.56. The van der Waals surface area contributed by atoms with E-state index >= 15 is 0 Å². The summed E-state index contributed by atoms with van der Waals surface area (Å²) in [6.07, 6.45) is 1.35. The summed E-state index contributed by atoms with van der Waals surface area (Å²) in [7, 11) is 3.70. The third-order valence-corrected chi connectivity index (χ3v) is 6.77. The lowest BCUT2D eigenvalue weighted by molar-refractivity contribution is -0.152. The van der Waals surface area contributed by atoms with Crippen molar-refractivity contribution in [2.45, 2.75) is 51.7 Å². The fourth-order valence-electron chi connectivity index (χ4n) is 5.23. The van der Waals surface area contributed by atoms with Crippen LogP contribution in [0, 0.1) is 0 Å². The Bertz CT molecular complexity index is 1190. The van der Waals surface area contributed by atoms with E-state index in [4.69, 9.17) is 14.2 Å². The zero-order chi connectivity index (χ0) is 24.9. The first kappa shape index (κ1) is 24.8. The van der Waals surface area contributed by atoms with Gasteiger partial charge in [-0.25, -0.2) is 0 Å². The van der Waals surface area contributed by atoms with E-state index in [1.807, 2.05) is 51.2 Å². The molecule has 7 heteroatoms. The van der Waals surface area contributed by atoms with Gasteiger partial charge in [0.1, 0.15) is 11.8 Å². The van der Waals surface area contributed by atoms with Crippen molar-refractivity contribution in [2.24, 2.45) is 7.05 Å². The van der Waals surface area contributed by atoms with Crippen LogP contribution in [0.2, 0.25) is 0 Å². The Morgan fingerprint density at radius 1 is 1.03 bits per heavy atom. The maximum atomic E-state index is 13.3. The van der Waals surface area contributed by atoms with E-state index in [1.165, 1.54) is 0 Å². The van der Waals surface area contributed by atoms with Crippen LogP contribution in [0.5, 0.6) is 5.75 Å². The molecule has 0 radical (unpaired) electrons. The van der Waals surface area contributed by atoms with Gasteiger partial charge in [-0.2, -0.15) is 0 Å². The van der Waals surface area contributed by atoms with Crippen LogP contribution < -0.4 is 4.74 Å². The highest BCUT2D eigenvalue weighted by atomic mass is 16.5. The van der Waals surface area contributed by atoms with Crippen molar-refractivity contribution in [1.29, 1.82) is 0 Å². The highest BCUT2D eigenvalue weighted by Gasteiger charge is 2.41. The van der Waals surface area contributed by atoms with Crippen molar-refractivity contribution in [2.75, 3.05) is 20.3 Å². The van der Waals surface area contributed by atoms with E-state index in [0.717, 1.165) is 33.5 Å². The number of benzene rings is 2. The van der Waals surface area contributed by atoms with Gasteiger partial charge >= 0.3 is 11.9 Å². The SMILES string of the molecule is CCOC(=O)CC[C@H]1c2c(c3ccc(OC)cc3n2C)C[C@H](C(=O)OCC)N1Cc1ccccc1. The molecule has 0 aliphatic carbocycles. The Morgan fingerprint density at radius 3 is 2.46 bits per heavy atom. The van der Waals surface area contributed by atoms with Gasteiger partial charge in [0.25, 0.3) is 0 Å². The van der Waals surface area contributed by atoms with E-state index in [1.54, 1.807) is 7.11 Å². The number of aromatic nitrogens is 1. The number of nitrogens with zero attached hydrogens (tertiary/aromatic N) is 2. The maximum Gasteiger partial charge on any atom is 0.323 e. The zero-order valence-corrected chi connectivity index (χ0v) is 21.0. The molecule has 0 bridgehead atoms. The average Bonchev–Trinajstić information content (AvgIpc) is 3.14. The lowest BCUT2D eigenvalue weighted by atomic mass is 9.88. The number of methoxy groups -OCH3 is 1. The number of esters is 2. The van der Waals surface area contributed by atoms with Crippen molar-refractivity contribution >= 4 is 22.8 Å². The van der Waals surface area contributed by atoms with Crippen LogP contribution in [0.1, 0.15) is 49.6 Å². The molecule has 0 spiro atoms. The summed E-state index contributed by atoms with van der Waals surface area (Å²) in [5, 5.41) is 1.10. The minimum absolute atomic E-state index is 0.166. The number of rotatable bonds is 9. The molecule has 0 unspecified atom stereocenters.